The average Bonchev–Trinajstić information content (AvgIpc) is 2.47. The van der Waals surface area contributed by atoms with Crippen LogP contribution in [0, 0.1) is 0 Å². The Kier molecular flexibility index (Phi) is 4.08. The van der Waals surface area contributed by atoms with Gasteiger partial charge in [0, 0.05) is 22.3 Å². The number of nitrogens with two attached hydrogens (primary N) is 1. The van der Waals surface area contributed by atoms with Gasteiger partial charge in [0.2, 0.25) is 0 Å². The molecule has 0 aromatic heterocycles. The minimum absolute atomic E-state index is 0.487. The molecule has 0 radical (unpaired) electrons. The van der Waals surface area contributed by atoms with Crippen molar-refractivity contribution >= 4 is 29.1 Å². The van der Waals surface area contributed by atoms with Crippen molar-refractivity contribution in [2.45, 2.75) is 17.2 Å². The van der Waals surface area contributed by atoms with Crippen LogP contribution in [0.2, 0.25) is 5.02 Å². The van der Waals surface area contributed by atoms with Gasteiger partial charge in [0.15, 0.2) is 0 Å². The fourth-order valence-corrected chi connectivity index (χ4v) is 3.95. The standard InChI is InChI=1S/C16H16ClNOS/c17-13-5-3-6-14(18)16(13)20-10-11-8-9-19-15-7-2-1-4-12(11)15/h1-7,11H,8-10,18H2. The smallest absolute Gasteiger partial charge is 0.122 e. The largest absolute Gasteiger partial charge is 0.493 e. The van der Waals surface area contributed by atoms with Crippen LogP contribution in [0.4, 0.5) is 5.69 Å². The van der Waals surface area contributed by atoms with Gasteiger partial charge in [0.1, 0.15) is 5.75 Å². The number of halogens is 1. The first-order chi connectivity index (χ1) is 9.75. The molecule has 2 aromatic carbocycles. The lowest BCUT2D eigenvalue weighted by Crippen LogP contribution is -2.15. The van der Waals surface area contributed by atoms with Gasteiger partial charge in [-0.3, -0.25) is 0 Å². The van der Waals surface area contributed by atoms with Gasteiger partial charge in [-0.15, -0.1) is 11.8 Å². The predicted molar refractivity (Wildman–Crippen MR) is 85.9 cm³/mol. The van der Waals surface area contributed by atoms with Crippen LogP contribution in [-0.4, -0.2) is 12.4 Å². The molecule has 1 atom stereocenters. The number of hydrogen-bond donors (Lipinski definition) is 1. The van der Waals surface area contributed by atoms with E-state index in [1.165, 1.54) is 5.56 Å². The highest BCUT2D eigenvalue weighted by Crippen LogP contribution is 2.40. The third-order valence-corrected chi connectivity index (χ3v) is 5.25. The Morgan fingerprint density at radius 1 is 1.20 bits per heavy atom. The highest BCUT2D eigenvalue weighted by atomic mass is 35.5. The molecule has 104 valence electrons. The van der Waals surface area contributed by atoms with Crippen molar-refractivity contribution in [2.75, 3.05) is 18.1 Å². The molecule has 1 heterocycles. The molecule has 20 heavy (non-hydrogen) atoms. The number of fused-ring (bicyclic) bond motifs is 1. The maximum atomic E-state index is 6.22. The van der Waals surface area contributed by atoms with Crippen LogP contribution >= 0.6 is 23.4 Å². The number of rotatable bonds is 3. The first-order valence-electron chi connectivity index (χ1n) is 6.64. The van der Waals surface area contributed by atoms with Crippen molar-refractivity contribution in [3.63, 3.8) is 0 Å². The summed E-state index contributed by atoms with van der Waals surface area (Å²) in [4.78, 5) is 0.984. The Balaban J connectivity index is 1.77. The number of anilines is 1. The Morgan fingerprint density at radius 2 is 2.05 bits per heavy atom. The normalized spacial score (nSPS) is 17.4. The van der Waals surface area contributed by atoms with Crippen LogP contribution < -0.4 is 10.5 Å². The number of hydrogen-bond acceptors (Lipinski definition) is 3. The quantitative estimate of drug-likeness (QED) is 0.666. The summed E-state index contributed by atoms with van der Waals surface area (Å²) in [6.45, 7) is 0.778. The molecule has 1 unspecified atom stereocenters. The van der Waals surface area contributed by atoms with Crippen molar-refractivity contribution in [3.05, 3.63) is 53.1 Å². The van der Waals surface area contributed by atoms with Gasteiger partial charge in [-0.1, -0.05) is 35.9 Å². The molecule has 2 N–H and O–H groups in total. The highest BCUT2D eigenvalue weighted by Gasteiger charge is 2.21. The topological polar surface area (TPSA) is 35.2 Å². The van der Waals surface area contributed by atoms with Crippen molar-refractivity contribution in [1.82, 2.24) is 0 Å². The summed E-state index contributed by atoms with van der Waals surface area (Å²) >= 11 is 7.95. The lowest BCUT2D eigenvalue weighted by Gasteiger charge is -2.25. The maximum absolute atomic E-state index is 6.22. The van der Waals surface area contributed by atoms with Gasteiger partial charge < -0.3 is 10.5 Å². The van der Waals surface area contributed by atoms with Gasteiger partial charge in [-0.05, 0) is 30.2 Å². The van der Waals surface area contributed by atoms with E-state index in [0.29, 0.717) is 5.92 Å². The number of thioether (sulfide) groups is 1. The molecule has 0 spiro atoms. The molecule has 2 nitrogen and oxygen atoms in total. The Labute approximate surface area is 128 Å². The van der Waals surface area contributed by atoms with E-state index in [0.717, 1.165) is 40.1 Å². The third kappa shape index (κ3) is 2.74. The molecule has 1 aliphatic heterocycles. The van der Waals surface area contributed by atoms with Crippen LogP contribution in [0.5, 0.6) is 5.75 Å². The summed E-state index contributed by atoms with van der Waals surface area (Å²) in [6, 6.07) is 13.9. The van der Waals surface area contributed by atoms with Gasteiger partial charge in [-0.25, -0.2) is 0 Å². The van der Waals surface area contributed by atoms with E-state index < -0.39 is 0 Å². The Bertz CT molecular complexity index is 597. The molecule has 1 aliphatic rings. The molecule has 0 bridgehead atoms. The third-order valence-electron chi connectivity index (χ3n) is 3.51. The molecule has 4 heteroatoms. The van der Waals surface area contributed by atoms with E-state index in [2.05, 4.69) is 12.1 Å². The lowest BCUT2D eigenvalue weighted by molar-refractivity contribution is 0.273. The van der Waals surface area contributed by atoms with E-state index >= 15 is 0 Å². The van der Waals surface area contributed by atoms with E-state index in [1.54, 1.807) is 11.8 Å². The Hall–Kier alpha value is -1.32. The van der Waals surface area contributed by atoms with Crippen LogP contribution in [0.1, 0.15) is 17.9 Å². The molecule has 2 aromatic rings. The summed E-state index contributed by atoms with van der Waals surface area (Å²) in [5.41, 5.74) is 8.04. The second kappa shape index (κ2) is 5.98. The number of benzene rings is 2. The lowest BCUT2D eigenvalue weighted by atomic mass is 9.95. The molecular formula is C16H16ClNOS. The molecular weight excluding hydrogens is 290 g/mol. The monoisotopic (exact) mass is 305 g/mol. The SMILES string of the molecule is Nc1cccc(Cl)c1SCC1CCOc2ccccc21. The van der Waals surface area contributed by atoms with Crippen LogP contribution in [-0.2, 0) is 0 Å². The van der Waals surface area contributed by atoms with E-state index in [-0.39, 0.29) is 0 Å². The second-order valence-electron chi connectivity index (χ2n) is 4.84. The average molecular weight is 306 g/mol. The number of ether oxygens (including phenoxy) is 1. The van der Waals surface area contributed by atoms with Crippen LogP contribution in [0.3, 0.4) is 0 Å². The summed E-state index contributed by atoms with van der Waals surface area (Å²) < 4.78 is 5.69. The van der Waals surface area contributed by atoms with E-state index in [9.17, 15) is 0 Å². The molecule has 0 fully saturated rings. The highest BCUT2D eigenvalue weighted by molar-refractivity contribution is 7.99. The zero-order chi connectivity index (χ0) is 13.9. The van der Waals surface area contributed by atoms with Gasteiger partial charge in [0.25, 0.3) is 0 Å². The van der Waals surface area contributed by atoms with Crippen molar-refractivity contribution in [2.24, 2.45) is 0 Å². The van der Waals surface area contributed by atoms with E-state index in [1.807, 2.05) is 30.3 Å². The van der Waals surface area contributed by atoms with Crippen molar-refractivity contribution in [3.8, 4) is 5.75 Å². The number of para-hydroxylation sites is 1. The van der Waals surface area contributed by atoms with Gasteiger partial charge >= 0.3 is 0 Å². The summed E-state index contributed by atoms with van der Waals surface area (Å²) in [5.74, 6) is 2.46. The van der Waals surface area contributed by atoms with Crippen LogP contribution in [0.25, 0.3) is 0 Å². The molecule has 0 saturated heterocycles. The molecule has 3 rings (SSSR count). The summed E-state index contributed by atoms with van der Waals surface area (Å²) in [7, 11) is 0. The molecule has 0 saturated carbocycles. The predicted octanol–water partition coefficient (Wildman–Crippen LogP) is 4.58. The second-order valence-corrected chi connectivity index (χ2v) is 6.28. The maximum Gasteiger partial charge on any atom is 0.122 e. The first kappa shape index (κ1) is 13.7. The van der Waals surface area contributed by atoms with Crippen molar-refractivity contribution < 1.29 is 4.74 Å². The van der Waals surface area contributed by atoms with Crippen LogP contribution in [0.15, 0.2) is 47.4 Å². The van der Waals surface area contributed by atoms with E-state index in [4.69, 9.17) is 22.1 Å². The summed E-state index contributed by atoms with van der Waals surface area (Å²) in [6.07, 6.45) is 1.04. The fourth-order valence-electron chi connectivity index (χ4n) is 2.45. The zero-order valence-electron chi connectivity index (χ0n) is 11.0. The molecule has 0 amide bonds. The van der Waals surface area contributed by atoms with Crippen molar-refractivity contribution in [1.29, 1.82) is 0 Å². The number of nitrogen functional groups attached to an aromatic ring is 1. The summed E-state index contributed by atoms with van der Waals surface area (Å²) in [5, 5.41) is 0.732. The minimum atomic E-state index is 0.487. The van der Waals surface area contributed by atoms with Gasteiger partial charge in [0.05, 0.1) is 11.6 Å². The zero-order valence-corrected chi connectivity index (χ0v) is 12.6. The van der Waals surface area contributed by atoms with Gasteiger partial charge in [-0.2, -0.15) is 0 Å². The first-order valence-corrected chi connectivity index (χ1v) is 8.00. The fraction of sp³-hybridized carbons (Fsp3) is 0.250. The molecule has 0 aliphatic carbocycles. The minimum Gasteiger partial charge on any atom is -0.493 e. The Morgan fingerprint density at radius 3 is 2.90 bits per heavy atom.